The van der Waals surface area contributed by atoms with Gasteiger partial charge in [-0.25, -0.2) is 0 Å². The lowest BCUT2D eigenvalue weighted by Gasteiger charge is -2.27. The molecule has 2 fully saturated rings. The Morgan fingerprint density at radius 2 is 1.80 bits per heavy atom. The minimum absolute atomic E-state index is 0.0145. The zero-order valence-electron chi connectivity index (χ0n) is 14.7. The summed E-state index contributed by atoms with van der Waals surface area (Å²) in [5.41, 5.74) is 4.08. The van der Waals surface area contributed by atoms with Gasteiger partial charge in [-0.3, -0.25) is 14.5 Å². The summed E-state index contributed by atoms with van der Waals surface area (Å²) in [5.74, 6) is 0.784. The summed E-state index contributed by atoms with van der Waals surface area (Å²) < 4.78 is 0. The number of rotatable bonds is 4. The minimum atomic E-state index is -0.0907. The van der Waals surface area contributed by atoms with E-state index in [2.05, 4.69) is 19.1 Å². The van der Waals surface area contributed by atoms with E-state index in [1.54, 1.807) is 5.57 Å². The second-order valence-electron chi connectivity index (χ2n) is 7.64. The standard InChI is InChI=1S/C22H25NO2/c1-15-18-11-12-19(21(18)17-9-5-6-10-17)20(15)22(25)23(14-24)13-16-7-3-2-4-8-16/h2-4,7-8,11-12,14-15,18-20H,5-6,9-10,13H2,1H3/t15-,18-,19+,20+/m1/s1. The van der Waals surface area contributed by atoms with E-state index in [1.165, 1.54) is 36.2 Å². The molecule has 0 aromatic heterocycles. The minimum Gasteiger partial charge on any atom is -0.280 e. The molecule has 0 N–H and O–H groups in total. The van der Waals surface area contributed by atoms with Crippen LogP contribution in [0.3, 0.4) is 0 Å². The Balaban J connectivity index is 1.58. The Kier molecular flexibility index (Phi) is 4.32. The molecular weight excluding hydrogens is 310 g/mol. The number of amides is 2. The van der Waals surface area contributed by atoms with Gasteiger partial charge in [0.2, 0.25) is 12.3 Å². The predicted octanol–water partition coefficient (Wildman–Crippen LogP) is 4.11. The molecule has 3 nitrogen and oxygen atoms in total. The van der Waals surface area contributed by atoms with Gasteiger partial charge in [-0.2, -0.15) is 0 Å². The van der Waals surface area contributed by atoms with Crippen LogP contribution in [0.15, 0.2) is 53.6 Å². The molecule has 1 aromatic rings. The fourth-order valence-corrected chi connectivity index (χ4v) is 5.07. The lowest BCUT2D eigenvalue weighted by atomic mass is 9.83. The molecule has 3 heteroatoms. The van der Waals surface area contributed by atoms with Gasteiger partial charge in [0.1, 0.15) is 0 Å². The fraction of sp³-hybridized carbons (Fsp3) is 0.455. The first kappa shape index (κ1) is 16.3. The number of imide groups is 1. The molecule has 25 heavy (non-hydrogen) atoms. The lowest BCUT2D eigenvalue weighted by molar-refractivity contribution is -0.143. The van der Waals surface area contributed by atoms with Gasteiger partial charge in [0.25, 0.3) is 0 Å². The third-order valence-corrected chi connectivity index (χ3v) is 6.27. The van der Waals surface area contributed by atoms with E-state index >= 15 is 0 Å². The molecule has 0 radical (unpaired) electrons. The number of carbonyl (C=O) groups is 2. The van der Waals surface area contributed by atoms with Crippen molar-refractivity contribution in [2.24, 2.45) is 23.7 Å². The van der Waals surface area contributed by atoms with Gasteiger partial charge in [-0.15, -0.1) is 0 Å². The Bertz CT molecular complexity index is 726. The monoisotopic (exact) mass is 335 g/mol. The predicted molar refractivity (Wildman–Crippen MR) is 97.3 cm³/mol. The average Bonchev–Trinajstić information content (AvgIpc) is 3.34. The van der Waals surface area contributed by atoms with Gasteiger partial charge in [0.15, 0.2) is 0 Å². The van der Waals surface area contributed by atoms with E-state index in [9.17, 15) is 9.59 Å². The maximum absolute atomic E-state index is 13.2. The zero-order valence-corrected chi connectivity index (χ0v) is 14.7. The number of hydrogen-bond donors (Lipinski definition) is 0. The summed E-state index contributed by atoms with van der Waals surface area (Å²) in [5, 5.41) is 0. The first-order valence-corrected chi connectivity index (χ1v) is 9.40. The first-order chi connectivity index (χ1) is 12.2. The summed E-state index contributed by atoms with van der Waals surface area (Å²) in [4.78, 5) is 26.2. The second kappa shape index (κ2) is 6.62. The van der Waals surface area contributed by atoms with Crippen LogP contribution in [-0.2, 0) is 16.1 Å². The van der Waals surface area contributed by atoms with Crippen LogP contribution in [0.2, 0.25) is 0 Å². The van der Waals surface area contributed by atoms with Crippen molar-refractivity contribution in [1.82, 2.24) is 4.90 Å². The van der Waals surface area contributed by atoms with Crippen LogP contribution in [-0.4, -0.2) is 17.2 Å². The van der Waals surface area contributed by atoms with Crippen LogP contribution in [0.5, 0.6) is 0 Å². The van der Waals surface area contributed by atoms with E-state index in [4.69, 9.17) is 0 Å². The number of nitrogens with zero attached hydrogens (tertiary/aromatic N) is 1. The highest BCUT2D eigenvalue weighted by Gasteiger charge is 2.51. The summed E-state index contributed by atoms with van der Waals surface area (Å²) in [6.07, 6.45) is 10.2. The van der Waals surface area contributed by atoms with Crippen molar-refractivity contribution in [3.05, 3.63) is 59.2 Å². The SMILES string of the molecule is C[C@H]1[C@H](C(=O)N(C=O)Cc2ccccc2)[C@@H]2C=C[C@H]1C2=C1CCCC1. The van der Waals surface area contributed by atoms with E-state index in [1.807, 2.05) is 30.3 Å². The van der Waals surface area contributed by atoms with Gasteiger partial charge in [-0.05, 0) is 37.2 Å². The van der Waals surface area contributed by atoms with Gasteiger partial charge < -0.3 is 0 Å². The Morgan fingerprint density at radius 1 is 1.12 bits per heavy atom. The Morgan fingerprint density at radius 3 is 2.48 bits per heavy atom. The van der Waals surface area contributed by atoms with Crippen molar-refractivity contribution >= 4 is 12.3 Å². The van der Waals surface area contributed by atoms with Crippen molar-refractivity contribution in [3.8, 4) is 0 Å². The summed E-state index contributed by atoms with van der Waals surface area (Å²) in [6, 6.07) is 9.74. The molecule has 0 aliphatic heterocycles. The quantitative estimate of drug-likeness (QED) is 0.613. The Labute approximate surface area is 149 Å². The molecule has 3 aliphatic rings. The highest BCUT2D eigenvalue weighted by atomic mass is 16.2. The average molecular weight is 335 g/mol. The van der Waals surface area contributed by atoms with Gasteiger partial charge in [-0.1, -0.05) is 60.6 Å². The molecule has 4 rings (SSSR count). The first-order valence-electron chi connectivity index (χ1n) is 9.40. The summed E-state index contributed by atoms with van der Waals surface area (Å²) in [7, 11) is 0. The molecule has 0 unspecified atom stereocenters. The van der Waals surface area contributed by atoms with Crippen LogP contribution in [0.1, 0.15) is 38.2 Å². The molecule has 0 heterocycles. The maximum atomic E-state index is 13.2. The maximum Gasteiger partial charge on any atom is 0.233 e. The number of allylic oxidation sites excluding steroid dienone is 4. The molecule has 0 saturated heterocycles. The fourth-order valence-electron chi connectivity index (χ4n) is 5.07. The van der Waals surface area contributed by atoms with Crippen molar-refractivity contribution in [2.75, 3.05) is 0 Å². The molecule has 130 valence electrons. The second-order valence-corrected chi connectivity index (χ2v) is 7.64. The molecule has 1 aromatic carbocycles. The normalized spacial score (nSPS) is 30.1. The van der Waals surface area contributed by atoms with E-state index in [0.717, 1.165) is 5.56 Å². The van der Waals surface area contributed by atoms with Crippen molar-refractivity contribution in [2.45, 2.75) is 39.2 Å². The van der Waals surface area contributed by atoms with Crippen LogP contribution < -0.4 is 0 Å². The van der Waals surface area contributed by atoms with Crippen LogP contribution in [0.25, 0.3) is 0 Å². The smallest absolute Gasteiger partial charge is 0.233 e. The zero-order chi connectivity index (χ0) is 17.4. The topological polar surface area (TPSA) is 37.4 Å². The van der Waals surface area contributed by atoms with Crippen LogP contribution in [0, 0.1) is 23.7 Å². The molecule has 2 saturated carbocycles. The van der Waals surface area contributed by atoms with E-state index < -0.39 is 0 Å². The number of hydrogen-bond acceptors (Lipinski definition) is 2. The van der Waals surface area contributed by atoms with Crippen LogP contribution >= 0.6 is 0 Å². The number of fused-ring (bicyclic) bond motifs is 2. The summed E-state index contributed by atoms with van der Waals surface area (Å²) in [6.45, 7) is 2.54. The molecule has 0 spiro atoms. The van der Waals surface area contributed by atoms with Crippen molar-refractivity contribution < 1.29 is 9.59 Å². The molecule has 3 aliphatic carbocycles. The summed E-state index contributed by atoms with van der Waals surface area (Å²) >= 11 is 0. The highest BCUT2D eigenvalue weighted by molar-refractivity contribution is 5.89. The van der Waals surface area contributed by atoms with Crippen molar-refractivity contribution in [3.63, 3.8) is 0 Å². The number of benzene rings is 1. The molecule has 4 atom stereocenters. The van der Waals surface area contributed by atoms with Gasteiger partial charge in [0.05, 0.1) is 12.5 Å². The molecular formula is C22H25NO2. The van der Waals surface area contributed by atoms with Crippen LogP contribution in [0.4, 0.5) is 0 Å². The third-order valence-electron chi connectivity index (χ3n) is 6.27. The van der Waals surface area contributed by atoms with Gasteiger partial charge in [0, 0.05) is 11.8 Å². The van der Waals surface area contributed by atoms with E-state index in [0.29, 0.717) is 18.9 Å². The lowest BCUT2D eigenvalue weighted by Crippen LogP contribution is -2.39. The highest BCUT2D eigenvalue weighted by Crippen LogP contribution is 2.55. The molecule has 2 bridgehead atoms. The van der Waals surface area contributed by atoms with E-state index in [-0.39, 0.29) is 23.7 Å². The molecule has 2 amide bonds. The number of carbonyl (C=O) groups excluding carboxylic acids is 2. The Hall–Kier alpha value is -2.16. The largest absolute Gasteiger partial charge is 0.280 e. The van der Waals surface area contributed by atoms with Crippen molar-refractivity contribution in [1.29, 1.82) is 0 Å². The third kappa shape index (κ3) is 2.76. The van der Waals surface area contributed by atoms with Gasteiger partial charge >= 0.3 is 0 Å².